The molecule has 7 heteroatoms. The quantitative estimate of drug-likeness (QED) is 0.871. The van der Waals surface area contributed by atoms with Crippen LogP contribution in [0.3, 0.4) is 0 Å². The lowest BCUT2D eigenvalue weighted by atomic mass is 10.3. The summed E-state index contributed by atoms with van der Waals surface area (Å²) < 4.78 is 31.1. The Labute approximate surface area is 118 Å². The SMILES string of the molecule is CNC(=O)C1=CCN(S(=O)(=O)c2ccc(OC)cc2)C1. The van der Waals surface area contributed by atoms with E-state index in [0.29, 0.717) is 11.3 Å². The molecule has 1 amide bonds. The molecule has 1 N–H and O–H groups in total. The Kier molecular flexibility index (Phi) is 4.10. The molecule has 1 aliphatic heterocycles. The summed E-state index contributed by atoms with van der Waals surface area (Å²) >= 11 is 0. The molecule has 0 aliphatic carbocycles. The summed E-state index contributed by atoms with van der Waals surface area (Å²) in [4.78, 5) is 11.7. The van der Waals surface area contributed by atoms with Crippen LogP contribution in [0.1, 0.15) is 0 Å². The highest BCUT2D eigenvalue weighted by atomic mass is 32.2. The van der Waals surface area contributed by atoms with Crippen LogP contribution in [0.2, 0.25) is 0 Å². The van der Waals surface area contributed by atoms with Crippen molar-refractivity contribution in [2.24, 2.45) is 0 Å². The van der Waals surface area contributed by atoms with E-state index in [-0.39, 0.29) is 23.9 Å². The second kappa shape index (κ2) is 5.64. The fourth-order valence-electron chi connectivity index (χ4n) is 1.94. The summed E-state index contributed by atoms with van der Waals surface area (Å²) in [7, 11) is -0.558. The highest BCUT2D eigenvalue weighted by molar-refractivity contribution is 7.89. The minimum absolute atomic E-state index is 0.0913. The van der Waals surface area contributed by atoms with Crippen molar-refractivity contribution < 1.29 is 17.9 Å². The Hall–Kier alpha value is -1.86. The molecule has 0 atom stereocenters. The molecule has 0 radical (unpaired) electrons. The lowest BCUT2D eigenvalue weighted by molar-refractivity contribution is -0.117. The number of carbonyl (C=O) groups is 1. The van der Waals surface area contributed by atoms with E-state index in [0.717, 1.165) is 0 Å². The van der Waals surface area contributed by atoms with Crippen molar-refractivity contribution in [1.29, 1.82) is 0 Å². The Balaban J connectivity index is 2.18. The predicted molar refractivity (Wildman–Crippen MR) is 73.9 cm³/mol. The molecule has 1 aromatic rings. The van der Waals surface area contributed by atoms with Gasteiger partial charge in [0.25, 0.3) is 0 Å². The smallest absolute Gasteiger partial charge is 0.248 e. The van der Waals surface area contributed by atoms with Gasteiger partial charge in [-0.15, -0.1) is 0 Å². The summed E-state index contributed by atoms with van der Waals surface area (Å²) in [6.07, 6.45) is 1.62. The van der Waals surface area contributed by atoms with Crippen LogP contribution < -0.4 is 10.1 Å². The van der Waals surface area contributed by atoms with E-state index in [9.17, 15) is 13.2 Å². The molecule has 108 valence electrons. The number of carbonyl (C=O) groups excluding carboxylic acids is 1. The zero-order valence-corrected chi connectivity index (χ0v) is 12.1. The van der Waals surface area contributed by atoms with Crippen molar-refractivity contribution in [2.75, 3.05) is 27.2 Å². The summed E-state index contributed by atoms with van der Waals surface area (Å²) in [5.41, 5.74) is 0.463. The minimum Gasteiger partial charge on any atom is -0.497 e. The molecule has 2 rings (SSSR count). The summed E-state index contributed by atoms with van der Waals surface area (Å²) in [6, 6.07) is 6.17. The molecule has 20 heavy (non-hydrogen) atoms. The first kappa shape index (κ1) is 14.5. The average Bonchev–Trinajstić information content (AvgIpc) is 2.97. The number of sulfonamides is 1. The first-order valence-electron chi connectivity index (χ1n) is 6.04. The van der Waals surface area contributed by atoms with Gasteiger partial charge in [0, 0.05) is 25.7 Å². The van der Waals surface area contributed by atoms with Crippen molar-refractivity contribution in [3.63, 3.8) is 0 Å². The number of methoxy groups -OCH3 is 1. The molecule has 0 aromatic heterocycles. The summed E-state index contributed by atoms with van der Waals surface area (Å²) in [5.74, 6) is 0.340. The Bertz CT molecular complexity index is 635. The van der Waals surface area contributed by atoms with E-state index < -0.39 is 10.0 Å². The molecule has 0 saturated carbocycles. The van der Waals surface area contributed by atoms with Crippen LogP contribution in [0.15, 0.2) is 40.8 Å². The number of nitrogens with zero attached hydrogens (tertiary/aromatic N) is 1. The van der Waals surface area contributed by atoms with Crippen LogP contribution >= 0.6 is 0 Å². The maximum absolute atomic E-state index is 12.4. The summed E-state index contributed by atoms with van der Waals surface area (Å²) in [5, 5.41) is 2.49. The van der Waals surface area contributed by atoms with E-state index in [1.165, 1.54) is 30.6 Å². The van der Waals surface area contributed by atoms with E-state index >= 15 is 0 Å². The molecule has 0 spiro atoms. The second-order valence-corrected chi connectivity index (χ2v) is 6.22. The molecule has 1 heterocycles. The highest BCUT2D eigenvalue weighted by Crippen LogP contribution is 2.22. The van der Waals surface area contributed by atoms with Gasteiger partial charge in [0.1, 0.15) is 5.75 Å². The maximum Gasteiger partial charge on any atom is 0.248 e. The summed E-state index contributed by atoms with van der Waals surface area (Å²) in [6.45, 7) is 0.297. The maximum atomic E-state index is 12.4. The largest absolute Gasteiger partial charge is 0.497 e. The number of amides is 1. The van der Waals surface area contributed by atoms with Gasteiger partial charge in [-0.1, -0.05) is 6.08 Å². The van der Waals surface area contributed by atoms with Gasteiger partial charge in [-0.25, -0.2) is 8.42 Å². The molecule has 0 bridgehead atoms. The number of ether oxygens (including phenoxy) is 1. The number of hydrogen-bond acceptors (Lipinski definition) is 4. The molecule has 0 saturated heterocycles. The molecular weight excluding hydrogens is 280 g/mol. The fourth-order valence-corrected chi connectivity index (χ4v) is 3.29. The number of hydrogen-bond donors (Lipinski definition) is 1. The zero-order chi connectivity index (χ0) is 14.8. The van der Waals surface area contributed by atoms with Crippen LogP contribution in [-0.2, 0) is 14.8 Å². The highest BCUT2D eigenvalue weighted by Gasteiger charge is 2.29. The Morgan fingerprint density at radius 2 is 1.95 bits per heavy atom. The molecule has 1 aromatic carbocycles. The van der Waals surface area contributed by atoms with Crippen molar-refractivity contribution >= 4 is 15.9 Å². The van der Waals surface area contributed by atoms with Gasteiger partial charge in [0.05, 0.1) is 12.0 Å². The fraction of sp³-hybridized carbons (Fsp3) is 0.308. The zero-order valence-electron chi connectivity index (χ0n) is 11.3. The third-order valence-corrected chi connectivity index (χ3v) is 4.93. The van der Waals surface area contributed by atoms with E-state index in [1.807, 2.05) is 0 Å². The molecule has 0 unspecified atom stereocenters. The lowest BCUT2D eigenvalue weighted by Crippen LogP contribution is -2.31. The van der Waals surface area contributed by atoms with Gasteiger partial charge in [-0.2, -0.15) is 4.31 Å². The normalized spacial score (nSPS) is 15.8. The van der Waals surface area contributed by atoms with Gasteiger partial charge >= 0.3 is 0 Å². The first-order valence-corrected chi connectivity index (χ1v) is 7.48. The van der Waals surface area contributed by atoms with Gasteiger partial charge in [0.15, 0.2) is 0 Å². The molecule has 0 fully saturated rings. The van der Waals surface area contributed by atoms with Crippen LogP contribution in [0.5, 0.6) is 5.75 Å². The lowest BCUT2D eigenvalue weighted by Gasteiger charge is -2.16. The Morgan fingerprint density at radius 3 is 2.50 bits per heavy atom. The number of likely N-dealkylation sites (N-methyl/N-ethyl adjacent to an activating group) is 1. The van der Waals surface area contributed by atoms with Crippen LogP contribution in [0.25, 0.3) is 0 Å². The van der Waals surface area contributed by atoms with Crippen LogP contribution in [-0.4, -0.2) is 45.9 Å². The monoisotopic (exact) mass is 296 g/mol. The third kappa shape index (κ3) is 2.68. The molecule has 6 nitrogen and oxygen atoms in total. The predicted octanol–water partition coefficient (Wildman–Crippen LogP) is 0.372. The number of nitrogens with one attached hydrogen (secondary N) is 1. The average molecular weight is 296 g/mol. The van der Waals surface area contributed by atoms with Crippen molar-refractivity contribution in [2.45, 2.75) is 4.90 Å². The third-order valence-electron chi connectivity index (χ3n) is 3.10. The van der Waals surface area contributed by atoms with Gasteiger partial charge in [0.2, 0.25) is 15.9 Å². The van der Waals surface area contributed by atoms with E-state index in [2.05, 4.69) is 5.32 Å². The number of benzene rings is 1. The van der Waals surface area contributed by atoms with Gasteiger partial charge < -0.3 is 10.1 Å². The van der Waals surface area contributed by atoms with Crippen molar-refractivity contribution in [3.8, 4) is 5.75 Å². The van der Waals surface area contributed by atoms with Crippen LogP contribution in [0, 0.1) is 0 Å². The van der Waals surface area contributed by atoms with E-state index in [4.69, 9.17) is 4.74 Å². The standard InChI is InChI=1S/C13H16N2O4S/c1-14-13(16)10-7-8-15(9-10)20(17,18)12-5-3-11(19-2)4-6-12/h3-7H,8-9H2,1-2H3,(H,14,16). The molecule has 1 aliphatic rings. The van der Waals surface area contributed by atoms with E-state index in [1.54, 1.807) is 18.2 Å². The van der Waals surface area contributed by atoms with Gasteiger partial charge in [-0.3, -0.25) is 4.79 Å². The molecular formula is C13H16N2O4S. The topological polar surface area (TPSA) is 75.7 Å². The minimum atomic E-state index is -3.59. The first-order chi connectivity index (χ1) is 9.48. The van der Waals surface area contributed by atoms with Gasteiger partial charge in [-0.05, 0) is 24.3 Å². The van der Waals surface area contributed by atoms with Crippen LogP contribution in [0.4, 0.5) is 0 Å². The second-order valence-electron chi connectivity index (χ2n) is 4.28. The van der Waals surface area contributed by atoms with Crippen molar-refractivity contribution in [1.82, 2.24) is 9.62 Å². The number of rotatable bonds is 4. The van der Waals surface area contributed by atoms with Crippen molar-refractivity contribution in [3.05, 3.63) is 35.9 Å². The Morgan fingerprint density at radius 1 is 1.30 bits per heavy atom.